The molecule has 4 heteroatoms. The summed E-state index contributed by atoms with van der Waals surface area (Å²) < 4.78 is 14.3. The van der Waals surface area contributed by atoms with Crippen LogP contribution in [0.1, 0.15) is 0 Å². The maximum Gasteiger partial charge on any atom is 0.123 e. The predicted octanol–water partition coefficient (Wildman–Crippen LogP) is 5.80. The Bertz CT molecular complexity index is 976. The summed E-state index contributed by atoms with van der Waals surface area (Å²) in [6.07, 6.45) is 3.54. The molecular formula is C19H12BrFN2. The molecule has 0 atom stereocenters. The van der Waals surface area contributed by atoms with E-state index in [2.05, 4.69) is 32.0 Å². The van der Waals surface area contributed by atoms with Gasteiger partial charge in [0.2, 0.25) is 0 Å². The van der Waals surface area contributed by atoms with Crippen LogP contribution >= 0.6 is 15.9 Å². The zero-order valence-electron chi connectivity index (χ0n) is 12.1. The van der Waals surface area contributed by atoms with Crippen molar-refractivity contribution in [2.45, 2.75) is 0 Å². The smallest absolute Gasteiger partial charge is 0.123 e. The Hall–Kier alpha value is -2.46. The standard InChI is InChI=1S/C19H12BrFN2/c20-14-3-6-17-16(11-14)18(12-1-4-15(21)5-2-12)19(23-17)13-7-9-22-10-8-13/h1-11,23H. The molecule has 2 nitrogen and oxygen atoms in total. The Morgan fingerprint density at radius 3 is 2.35 bits per heavy atom. The third-order valence-corrected chi connectivity index (χ3v) is 4.36. The minimum atomic E-state index is -0.236. The lowest BCUT2D eigenvalue weighted by molar-refractivity contribution is 0.628. The van der Waals surface area contributed by atoms with Crippen molar-refractivity contribution in [2.75, 3.05) is 0 Å². The number of pyridine rings is 1. The second-order valence-electron chi connectivity index (χ2n) is 5.31. The molecule has 0 aliphatic heterocycles. The van der Waals surface area contributed by atoms with Gasteiger partial charge in [0.1, 0.15) is 5.82 Å². The van der Waals surface area contributed by atoms with Crippen molar-refractivity contribution in [1.82, 2.24) is 9.97 Å². The summed E-state index contributed by atoms with van der Waals surface area (Å²) >= 11 is 3.53. The largest absolute Gasteiger partial charge is 0.354 e. The van der Waals surface area contributed by atoms with Crippen molar-refractivity contribution in [1.29, 1.82) is 0 Å². The summed E-state index contributed by atoms with van der Waals surface area (Å²) in [5.74, 6) is -0.236. The lowest BCUT2D eigenvalue weighted by atomic mass is 9.99. The number of rotatable bonds is 2. The van der Waals surface area contributed by atoms with Gasteiger partial charge in [0.25, 0.3) is 0 Å². The fraction of sp³-hybridized carbons (Fsp3) is 0. The first kappa shape index (κ1) is 14.2. The summed E-state index contributed by atoms with van der Waals surface area (Å²) in [6.45, 7) is 0. The molecule has 0 fully saturated rings. The molecule has 0 aliphatic carbocycles. The van der Waals surface area contributed by atoms with Crippen LogP contribution in [0.3, 0.4) is 0 Å². The second kappa shape index (κ2) is 5.63. The zero-order chi connectivity index (χ0) is 15.8. The van der Waals surface area contributed by atoms with E-state index in [9.17, 15) is 4.39 Å². The molecule has 2 aromatic heterocycles. The fourth-order valence-electron chi connectivity index (χ4n) is 2.82. The van der Waals surface area contributed by atoms with Crippen LogP contribution in [0.25, 0.3) is 33.3 Å². The minimum absolute atomic E-state index is 0.236. The number of fused-ring (bicyclic) bond motifs is 1. The van der Waals surface area contributed by atoms with Crippen molar-refractivity contribution < 1.29 is 4.39 Å². The van der Waals surface area contributed by atoms with E-state index in [4.69, 9.17) is 0 Å². The van der Waals surface area contributed by atoms with Crippen LogP contribution in [0.2, 0.25) is 0 Å². The van der Waals surface area contributed by atoms with E-state index in [0.29, 0.717) is 0 Å². The van der Waals surface area contributed by atoms with Gasteiger partial charge in [-0.3, -0.25) is 4.98 Å². The molecular weight excluding hydrogens is 355 g/mol. The molecule has 2 heterocycles. The lowest BCUT2D eigenvalue weighted by Gasteiger charge is -2.06. The Balaban J connectivity index is 2.06. The predicted molar refractivity (Wildman–Crippen MR) is 94.6 cm³/mol. The summed E-state index contributed by atoms with van der Waals surface area (Å²) in [6, 6.07) is 16.6. The Kier molecular flexibility index (Phi) is 3.46. The van der Waals surface area contributed by atoms with Crippen molar-refractivity contribution >= 4 is 26.8 Å². The highest BCUT2D eigenvalue weighted by molar-refractivity contribution is 9.10. The Morgan fingerprint density at radius 1 is 0.870 bits per heavy atom. The molecule has 0 spiro atoms. The number of halogens is 2. The summed E-state index contributed by atoms with van der Waals surface area (Å²) in [7, 11) is 0. The van der Waals surface area contributed by atoms with Gasteiger partial charge in [-0.25, -0.2) is 4.39 Å². The molecule has 0 unspecified atom stereocenters. The molecule has 23 heavy (non-hydrogen) atoms. The Labute approximate surface area is 141 Å². The third kappa shape index (κ3) is 2.55. The second-order valence-corrected chi connectivity index (χ2v) is 6.22. The van der Waals surface area contributed by atoms with Gasteiger partial charge in [0.05, 0.1) is 5.69 Å². The topological polar surface area (TPSA) is 28.7 Å². The number of aromatic nitrogens is 2. The van der Waals surface area contributed by atoms with Crippen LogP contribution < -0.4 is 0 Å². The van der Waals surface area contributed by atoms with Crippen molar-refractivity contribution in [2.24, 2.45) is 0 Å². The average Bonchev–Trinajstić information content (AvgIpc) is 2.95. The van der Waals surface area contributed by atoms with Gasteiger partial charge in [-0.2, -0.15) is 0 Å². The van der Waals surface area contributed by atoms with E-state index in [1.165, 1.54) is 12.1 Å². The number of nitrogens with zero attached hydrogens (tertiary/aromatic N) is 1. The van der Waals surface area contributed by atoms with Gasteiger partial charge in [0.15, 0.2) is 0 Å². The average molecular weight is 367 g/mol. The molecule has 0 saturated heterocycles. The number of H-pyrrole nitrogens is 1. The van der Waals surface area contributed by atoms with Crippen LogP contribution in [0.15, 0.2) is 71.5 Å². The van der Waals surface area contributed by atoms with Gasteiger partial charge in [-0.15, -0.1) is 0 Å². The number of aromatic amines is 1. The SMILES string of the molecule is Fc1ccc(-c2c(-c3ccncc3)[nH]c3ccc(Br)cc23)cc1. The maximum absolute atomic E-state index is 13.3. The van der Waals surface area contributed by atoms with E-state index >= 15 is 0 Å². The van der Waals surface area contributed by atoms with Gasteiger partial charge >= 0.3 is 0 Å². The maximum atomic E-state index is 13.3. The van der Waals surface area contributed by atoms with Crippen LogP contribution in [-0.2, 0) is 0 Å². The molecule has 1 N–H and O–H groups in total. The quantitative estimate of drug-likeness (QED) is 0.477. The first-order valence-electron chi connectivity index (χ1n) is 7.20. The number of nitrogens with one attached hydrogen (secondary N) is 1. The van der Waals surface area contributed by atoms with Gasteiger partial charge in [0, 0.05) is 38.9 Å². The molecule has 4 rings (SSSR count). The molecule has 112 valence electrons. The summed E-state index contributed by atoms with van der Waals surface area (Å²) in [5, 5.41) is 1.10. The van der Waals surface area contributed by atoms with Crippen molar-refractivity contribution in [3.05, 3.63) is 77.3 Å². The van der Waals surface area contributed by atoms with Gasteiger partial charge in [-0.05, 0) is 48.0 Å². The van der Waals surface area contributed by atoms with Gasteiger partial charge in [-0.1, -0.05) is 28.1 Å². The zero-order valence-corrected chi connectivity index (χ0v) is 13.6. The molecule has 0 aliphatic rings. The summed E-state index contributed by atoms with van der Waals surface area (Å²) in [5.41, 5.74) is 5.13. The summed E-state index contributed by atoms with van der Waals surface area (Å²) in [4.78, 5) is 7.56. The van der Waals surface area contributed by atoms with E-state index in [1.807, 2.05) is 36.4 Å². The number of hydrogen-bond acceptors (Lipinski definition) is 1. The highest BCUT2D eigenvalue weighted by Gasteiger charge is 2.15. The number of benzene rings is 2. The highest BCUT2D eigenvalue weighted by Crippen LogP contribution is 2.39. The lowest BCUT2D eigenvalue weighted by Crippen LogP contribution is -1.84. The Morgan fingerprint density at radius 2 is 1.61 bits per heavy atom. The van der Waals surface area contributed by atoms with Crippen LogP contribution in [0.5, 0.6) is 0 Å². The first-order valence-corrected chi connectivity index (χ1v) is 7.99. The number of hydrogen-bond donors (Lipinski definition) is 1. The molecule has 0 saturated carbocycles. The van der Waals surface area contributed by atoms with Crippen LogP contribution in [-0.4, -0.2) is 9.97 Å². The van der Waals surface area contributed by atoms with Crippen molar-refractivity contribution in [3.63, 3.8) is 0 Å². The highest BCUT2D eigenvalue weighted by atomic mass is 79.9. The van der Waals surface area contributed by atoms with Crippen LogP contribution in [0, 0.1) is 5.82 Å². The first-order chi connectivity index (χ1) is 11.2. The normalized spacial score (nSPS) is 11.0. The molecule has 0 radical (unpaired) electrons. The van der Waals surface area contributed by atoms with E-state index in [0.717, 1.165) is 37.8 Å². The van der Waals surface area contributed by atoms with Crippen molar-refractivity contribution in [3.8, 4) is 22.4 Å². The molecule has 0 bridgehead atoms. The van der Waals surface area contributed by atoms with Gasteiger partial charge < -0.3 is 4.98 Å². The minimum Gasteiger partial charge on any atom is -0.354 e. The van der Waals surface area contributed by atoms with E-state index in [1.54, 1.807) is 12.4 Å². The monoisotopic (exact) mass is 366 g/mol. The third-order valence-electron chi connectivity index (χ3n) is 3.86. The van der Waals surface area contributed by atoms with E-state index in [-0.39, 0.29) is 5.82 Å². The van der Waals surface area contributed by atoms with Crippen LogP contribution in [0.4, 0.5) is 4.39 Å². The fourth-order valence-corrected chi connectivity index (χ4v) is 3.18. The van der Waals surface area contributed by atoms with E-state index < -0.39 is 0 Å². The molecule has 2 aromatic carbocycles. The molecule has 4 aromatic rings. The molecule has 0 amide bonds.